The minimum Gasteiger partial charge on any atom is -0.351 e. The van der Waals surface area contributed by atoms with Crippen LogP contribution in [0.15, 0.2) is 12.1 Å². The molecule has 0 aliphatic carbocycles. The van der Waals surface area contributed by atoms with Crippen molar-refractivity contribution >= 4 is 17.5 Å². The van der Waals surface area contributed by atoms with Gasteiger partial charge in [-0.1, -0.05) is 25.4 Å². The standard InChI is InChI=1S/C15H22ClN3O/c1-11(2)13-9-12(10-14(16)18-13)15(20)17-5-8-19-6-3-4-7-19/h9-11H,3-8H2,1-2H3,(H,17,20). The highest BCUT2D eigenvalue weighted by Crippen LogP contribution is 2.17. The molecule has 5 heteroatoms. The van der Waals surface area contributed by atoms with E-state index in [9.17, 15) is 4.79 Å². The Morgan fingerprint density at radius 3 is 2.75 bits per heavy atom. The number of amides is 1. The van der Waals surface area contributed by atoms with Crippen molar-refractivity contribution < 1.29 is 4.79 Å². The summed E-state index contributed by atoms with van der Waals surface area (Å²) >= 11 is 5.98. The average molecular weight is 296 g/mol. The van der Waals surface area contributed by atoms with Gasteiger partial charge >= 0.3 is 0 Å². The lowest BCUT2D eigenvalue weighted by molar-refractivity contribution is 0.0949. The number of nitrogens with one attached hydrogen (secondary N) is 1. The first-order valence-corrected chi connectivity index (χ1v) is 7.62. The van der Waals surface area contributed by atoms with E-state index in [2.05, 4.69) is 15.2 Å². The molecule has 1 fully saturated rings. The Morgan fingerprint density at radius 2 is 2.10 bits per heavy atom. The maximum atomic E-state index is 12.1. The van der Waals surface area contributed by atoms with Crippen molar-refractivity contribution in [2.75, 3.05) is 26.2 Å². The van der Waals surface area contributed by atoms with Crippen molar-refractivity contribution in [3.05, 3.63) is 28.5 Å². The van der Waals surface area contributed by atoms with Gasteiger partial charge in [0.1, 0.15) is 5.15 Å². The second kappa shape index (κ2) is 7.04. The zero-order valence-electron chi connectivity index (χ0n) is 12.2. The number of halogens is 1. The fraction of sp³-hybridized carbons (Fsp3) is 0.600. The maximum Gasteiger partial charge on any atom is 0.251 e. The van der Waals surface area contributed by atoms with Crippen LogP contribution in [-0.4, -0.2) is 42.0 Å². The number of pyridine rings is 1. The van der Waals surface area contributed by atoms with Crippen molar-refractivity contribution in [1.29, 1.82) is 0 Å². The number of hydrogen-bond donors (Lipinski definition) is 1. The molecule has 1 amide bonds. The Kier molecular flexibility index (Phi) is 5.38. The molecule has 0 unspecified atom stereocenters. The van der Waals surface area contributed by atoms with E-state index in [4.69, 9.17) is 11.6 Å². The van der Waals surface area contributed by atoms with Gasteiger partial charge in [-0.3, -0.25) is 4.79 Å². The van der Waals surface area contributed by atoms with Crippen LogP contribution >= 0.6 is 11.6 Å². The first kappa shape index (κ1) is 15.3. The van der Waals surface area contributed by atoms with E-state index in [1.54, 1.807) is 6.07 Å². The number of rotatable bonds is 5. The van der Waals surface area contributed by atoms with Gasteiger partial charge in [0.2, 0.25) is 0 Å². The van der Waals surface area contributed by atoms with Crippen molar-refractivity contribution in [3.63, 3.8) is 0 Å². The van der Waals surface area contributed by atoms with Gasteiger partial charge in [-0.05, 0) is 44.0 Å². The summed E-state index contributed by atoms with van der Waals surface area (Å²) in [5.41, 5.74) is 1.44. The van der Waals surface area contributed by atoms with Gasteiger partial charge in [0.05, 0.1) is 0 Å². The van der Waals surface area contributed by atoms with E-state index >= 15 is 0 Å². The Morgan fingerprint density at radius 1 is 1.40 bits per heavy atom. The Labute approximate surface area is 125 Å². The van der Waals surface area contributed by atoms with E-state index in [0.717, 1.165) is 25.3 Å². The lowest BCUT2D eigenvalue weighted by Gasteiger charge is -2.15. The third-order valence-corrected chi connectivity index (χ3v) is 3.77. The molecule has 2 heterocycles. The summed E-state index contributed by atoms with van der Waals surface area (Å²) in [6.07, 6.45) is 2.54. The highest BCUT2D eigenvalue weighted by atomic mass is 35.5. The largest absolute Gasteiger partial charge is 0.351 e. The van der Waals surface area contributed by atoms with E-state index in [-0.39, 0.29) is 11.8 Å². The molecule has 0 aromatic carbocycles. The lowest BCUT2D eigenvalue weighted by Crippen LogP contribution is -2.33. The van der Waals surface area contributed by atoms with Crippen LogP contribution in [0, 0.1) is 0 Å². The molecule has 0 saturated carbocycles. The highest BCUT2D eigenvalue weighted by molar-refractivity contribution is 6.29. The Hall–Kier alpha value is -1.13. The molecule has 0 radical (unpaired) electrons. The summed E-state index contributed by atoms with van der Waals surface area (Å²) in [6, 6.07) is 3.44. The molecule has 1 aliphatic rings. The summed E-state index contributed by atoms with van der Waals surface area (Å²) in [7, 11) is 0. The third-order valence-electron chi connectivity index (χ3n) is 3.58. The normalized spacial score (nSPS) is 15.8. The van der Waals surface area contributed by atoms with Crippen LogP contribution in [0.3, 0.4) is 0 Å². The van der Waals surface area contributed by atoms with E-state index in [0.29, 0.717) is 17.3 Å². The second-order valence-corrected chi connectivity index (χ2v) is 5.95. The second-order valence-electron chi connectivity index (χ2n) is 5.56. The van der Waals surface area contributed by atoms with Gasteiger partial charge in [-0.25, -0.2) is 4.98 Å². The fourth-order valence-corrected chi connectivity index (χ4v) is 2.60. The molecule has 4 nitrogen and oxygen atoms in total. The minimum absolute atomic E-state index is 0.0737. The van der Waals surface area contributed by atoms with Crippen molar-refractivity contribution in [2.24, 2.45) is 0 Å². The predicted octanol–water partition coefficient (Wildman–Crippen LogP) is 2.68. The monoisotopic (exact) mass is 295 g/mol. The number of carbonyl (C=O) groups excluding carboxylic acids is 1. The maximum absolute atomic E-state index is 12.1. The number of carbonyl (C=O) groups is 1. The van der Waals surface area contributed by atoms with Gasteiger partial charge in [0.25, 0.3) is 5.91 Å². The van der Waals surface area contributed by atoms with Crippen molar-refractivity contribution in [3.8, 4) is 0 Å². The van der Waals surface area contributed by atoms with E-state index in [1.165, 1.54) is 12.8 Å². The third kappa shape index (κ3) is 4.18. The zero-order valence-corrected chi connectivity index (χ0v) is 12.9. The van der Waals surface area contributed by atoms with Crippen LogP contribution in [0.25, 0.3) is 0 Å². The molecule has 20 heavy (non-hydrogen) atoms. The SMILES string of the molecule is CC(C)c1cc(C(=O)NCCN2CCCC2)cc(Cl)n1. The van der Waals surface area contributed by atoms with Gasteiger partial charge in [-0.2, -0.15) is 0 Å². The lowest BCUT2D eigenvalue weighted by atomic mass is 10.1. The quantitative estimate of drug-likeness (QED) is 0.850. The summed E-state index contributed by atoms with van der Waals surface area (Å²) < 4.78 is 0. The summed E-state index contributed by atoms with van der Waals surface area (Å²) in [4.78, 5) is 18.7. The molecule has 1 N–H and O–H groups in total. The molecule has 2 rings (SSSR count). The highest BCUT2D eigenvalue weighted by Gasteiger charge is 2.13. The molecule has 110 valence electrons. The van der Waals surface area contributed by atoms with Crippen molar-refractivity contribution in [1.82, 2.24) is 15.2 Å². The number of hydrogen-bond acceptors (Lipinski definition) is 3. The Bertz CT molecular complexity index is 470. The molecule has 1 aromatic heterocycles. The van der Waals surface area contributed by atoms with E-state index in [1.807, 2.05) is 19.9 Å². The Balaban J connectivity index is 1.91. The molecule has 1 aromatic rings. The van der Waals surface area contributed by atoms with Gasteiger partial charge in [0, 0.05) is 24.3 Å². The molecule has 0 atom stereocenters. The first-order valence-electron chi connectivity index (χ1n) is 7.24. The zero-order chi connectivity index (χ0) is 14.5. The molecular weight excluding hydrogens is 274 g/mol. The molecule has 1 saturated heterocycles. The first-order chi connectivity index (χ1) is 9.56. The molecule has 0 spiro atoms. The summed E-state index contributed by atoms with van der Waals surface area (Å²) in [5.74, 6) is 0.181. The molecule has 0 bridgehead atoms. The smallest absolute Gasteiger partial charge is 0.251 e. The van der Waals surface area contributed by atoms with Gasteiger partial charge in [0.15, 0.2) is 0 Å². The van der Waals surface area contributed by atoms with Crippen LogP contribution in [0.1, 0.15) is 48.7 Å². The summed E-state index contributed by atoms with van der Waals surface area (Å²) in [5, 5.41) is 3.33. The van der Waals surface area contributed by atoms with Crippen LogP contribution in [0.2, 0.25) is 5.15 Å². The van der Waals surface area contributed by atoms with Crippen LogP contribution < -0.4 is 5.32 Å². The predicted molar refractivity (Wildman–Crippen MR) is 81.3 cm³/mol. The van der Waals surface area contributed by atoms with Gasteiger partial charge < -0.3 is 10.2 Å². The van der Waals surface area contributed by atoms with Crippen LogP contribution in [0.5, 0.6) is 0 Å². The minimum atomic E-state index is -0.0737. The number of likely N-dealkylation sites (tertiary alicyclic amines) is 1. The van der Waals surface area contributed by atoms with E-state index < -0.39 is 0 Å². The van der Waals surface area contributed by atoms with Crippen LogP contribution in [0.4, 0.5) is 0 Å². The summed E-state index contributed by atoms with van der Waals surface area (Å²) in [6.45, 7) is 7.96. The number of nitrogens with zero attached hydrogens (tertiary/aromatic N) is 2. The average Bonchev–Trinajstić information content (AvgIpc) is 2.91. The topological polar surface area (TPSA) is 45.2 Å². The van der Waals surface area contributed by atoms with Crippen molar-refractivity contribution in [2.45, 2.75) is 32.6 Å². The molecular formula is C15H22ClN3O. The fourth-order valence-electron chi connectivity index (χ4n) is 2.38. The molecule has 1 aliphatic heterocycles. The van der Waals surface area contributed by atoms with Gasteiger partial charge in [-0.15, -0.1) is 0 Å². The van der Waals surface area contributed by atoms with Crippen LogP contribution in [-0.2, 0) is 0 Å². The number of aromatic nitrogens is 1.